The third-order valence-corrected chi connectivity index (χ3v) is 2.57. The maximum Gasteiger partial charge on any atom is 0.152 e. The Morgan fingerprint density at radius 3 is 2.56 bits per heavy atom. The summed E-state index contributed by atoms with van der Waals surface area (Å²) in [4.78, 5) is 0. The third-order valence-electron chi connectivity index (χ3n) is 2.57. The van der Waals surface area contributed by atoms with Gasteiger partial charge in [-0.3, -0.25) is 0 Å². The standard InChI is InChI=1S/C13H15F2N3/c1-2-4-16-9-10-7-11(14)13(12(15)8-10)18-6-3-5-17-18/h3,5-8,16H,2,4,9H2,1H3. The molecule has 18 heavy (non-hydrogen) atoms. The highest BCUT2D eigenvalue weighted by atomic mass is 19.1. The molecular weight excluding hydrogens is 236 g/mol. The van der Waals surface area contributed by atoms with E-state index in [-0.39, 0.29) is 5.69 Å². The van der Waals surface area contributed by atoms with E-state index in [0.29, 0.717) is 12.1 Å². The molecule has 0 bridgehead atoms. The molecule has 0 aliphatic carbocycles. The average Bonchev–Trinajstić information content (AvgIpc) is 2.82. The monoisotopic (exact) mass is 251 g/mol. The zero-order chi connectivity index (χ0) is 13.0. The van der Waals surface area contributed by atoms with Gasteiger partial charge in [-0.15, -0.1) is 0 Å². The zero-order valence-corrected chi connectivity index (χ0v) is 10.2. The first-order chi connectivity index (χ1) is 8.72. The largest absolute Gasteiger partial charge is 0.313 e. The first-order valence-corrected chi connectivity index (χ1v) is 5.91. The molecule has 0 spiro atoms. The minimum Gasteiger partial charge on any atom is -0.313 e. The highest BCUT2D eigenvalue weighted by molar-refractivity contribution is 5.37. The molecule has 1 aromatic heterocycles. The lowest BCUT2D eigenvalue weighted by molar-refractivity contribution is 0.553. The maximum atomic E-state index is 13.9. The van der Waals surface area contributed by atoms with Crippen molar-refractivity contribution in [3.8, 4) is 5.69 Å². The number of rotatable bonds is 5. The highest BCUT2D eigenvalue weighted by Crippen LogP contribution is 2.19. The molecule has 0 unspecified atom stereocenters. The first-order valence-electron chi connectivity index (χ1n) is 5.91. The predicted molar refractivity (Wildman–Crippen MR) is 65.5 cm³/mol. The van der Waals surface area contributed by atoms with Crippen molar-refractivity contribution < 1.29 is 8.78 Å². The molecular formula is C13H15F2N3. The van der Waals surface area contributed by atoms with Crippen LogP contribution in [0.2, 0.25) is 0 Å². The van der Waals surface area contributed by atoms with Crippen LogP contribution in [-0.2, 0) is 6.54 Å². The molecule has 0 aliphatic heterocycles. The van der Waals surface area contributed by atoms with Crippen molar-refractivity contribution in [2.24, 2.45) is 0 Å². The van der Waals surface area contributed by atoms with Gasteiger partial charge in [0.05, 0.1) is 0 Å². The van der Waals surface area contributed by atoms with Gasteiger partial charge in [-0.1, -0.05) is 6.92 Å². The van der Waals surface area contributed by atoms with Gasteiger partial charge in [-0.2, -0.15) is 5.10 Å². The summed E-state index contributed by atoms with van der Waals surface area (Å²) < 4.78 is 28.9. The Morgan fingerprint density at radius 1 is 1.28 bits per heavy atom. The molecule has 2 rings (SSSR count). The number of halogens is 2. The Morgan fingerprint density at radius 2 is 2.00 bits per heavy atom. The summed E-state index contributed by atoms with van der Waals surface area (Å²) in [6.07, 6.45) is 3.97. The second-order valence-corrected chi connectivity index (χ2v) is 4.04. The van der Waals surface area contributed by atoms with E-state index >= 15 is 0 Å². The van der Waals surface area contributed by atoms with Crippen molar-refractivity contribution in [2.45, 2.75) is 19.9 Å². The van der Waals surface area contributed by atoms with Gasteiger partial charge in [0.2, 0.25) is 0 Å². The van der Waals surface area contributed by atoms with Crippen LogP contribution < -0.4 is 5.32 Å². The van der Waals surface area contributed by atoms with Crippen molar-refractivity contribution >= 4 is 0 Å². The van der Waals surface area contributed by atoms with E-state index in [4.69, 9.17) is 0 Å². The molecule has 0 aliphatic rings. The fourth-order valence-corrected chi connectivity index (χ4v) is 1.75. The van der Waals surface area contributed by atoms with Crippen LogP contribution >= 0.6 is 0 Å². The van der Waals surface area contributed by atoms with E-state index in [1.165, 1.54) is 29.2 Å². The fraction of sp³-hybridized carbons (Fsp3) is 0.308. The smallest absolute Gasteiger partial charge is 0.152 e. The van der Waals surface area contributed by atoms with Crippen LogP contribution in [0.3, 0.4) is 0 Å². The van der Waals surface area contributed by atoms with Crippen LogP contribution in [0.15, 0.2) is 30.6 Å². The average molecular weight is 251 g/mol. The van der Waals surface area contributed by atoms with Crippen molar-refractivity contribution in [2.75, 3.05) is 6.54 Å². The topological polar surface area (TPSA) is 29.9 Å². The van der Waals surface area contributed by atoms with E-state index in [2.05, 4.69) is 10.4 Å². The predicted octanol–water partition coefficient (Wildman–Crippen LogP) is 2.65. The van der Waals surface area contributed by atoms with Crippen LogP contribution in [0, 0.1) is 11.6 Å². The quantitative estimate of drug-likeness (QED) is 0.828. The molecule has 0 saturated carbocycles. The van der Waals surface area contributed by atoms with Gasteiger partial charge in [0.25, 0.3) is 0 Å². The van der Waals surface area contributed by atoms with Crippen LogP contribution in [0.1, 0.15) is 18.9 Å². The van der Waals surface area contributed by atoms with Crippen molar-refractivity contribution in [3.63, 3.8) is 0 Å². The molecule has 0 amide bonds. The summed E-state index contributed by atoms with van der Waals surface area (Å²) in [5.74, 6) is -1.21. The molecule has 5 heteroatoms. The van der Waals surface area contributed by atoms with Gasteiger partial charge in [-0.05, 0) is 36.7 Å². The molecule has 96 valence electrons. The fourth-order valence-electron chi connectivity index (χ4n) is 1.75. The second-order valence-electron chi connectivity index (χ2n) is 4.04. The van der Waals surface area contributed by atoms with E-state index in [0.717, 1.165) is 13.0 Å². The van der Waals surface area contributed by atoms with Crippen molar-refractivity contribution in [1.82, 2.24) is 15.1 Å². The van der Waals surface area contributed by atoms with Gasteiger partial charge >= 0.3 is 0 Å². The Hall–Kier alpha value is -1.75. The third kappa shape index (κ3) is 2.73. The number of aromatic nitrogens is 2. The molecule has 3 nitrogen and oxygen atoms in total. The van der Waals surface area contributed by atoms with E-state index in [9.17, 15) is 8.78 Å². The number of hydrogen-bond donors (Lipinski definition) is 1. The lowest BCUT2D eigenvalue weighted by Crippen LogP contribution is -2.14. The molecule has 0 radical (unpaired) electrons. The Kier molecular flexibility index (Phi) is 4.04. The molecule has 1 aromatic carbocycles. The summed E-state index contributed by atoms with van der Waals surface area (Å²) in [6.45, 7) is 3.32. The maximum absolute atomic E-state index is 13.9. The Balaban J connectivity index is 2.24. The molecule has 1 N–H and O–H groups in total. The molecule has 0 atom stereocenters. The minimum absolute atomic E-state index is 0.140. The van der Waals surface area contributed by atoms with Crippen LogP contribution in [0.5, 0.6) is 0 Å². The van der Waals surface area contributed by atoms with Gasteiger partial charge in [0, 0.05) is 18.9 Å². The molecule has 2 aromatic rings. The molecule has 0 fully saturated rings. The number of nitrogens with zero attached hydrogens (tertiary/aromatic N) is 2. The van der Waals surface area contributed by atoms with Crippen molar-refractivity contribution in [1.29, 1.82) is 0 Å². The Labute approximate surface area is 104 Å². The lowest BCUT2D eigenvalue weighted by Gasteiger charge is -2.08. The lowest BCUT2D eigenvalue weighted by atomic mass is 10.2. The summed E-state index contributed by atoms with van der Waals surface area (Å²) >= 11 is 0. The summed E-state index contributed by atoms with van der Waals surface area (Å²) in [7, 11) is 0. The summed E-state index contributed by atoms with van der Waals surface area (Å²) in [6, 6.07) is 4.29. The van der Waals surface area contributed by atoms with Gasteiger partial charge in [0.15, 0.2) is 11.6 Å². The normalized spacial score (nSPS) is 10.8. The second kappa shape index (κ2) is 5.73. The zero-order valence-electron chi connectivity index (χ0n) is 10.2. The van der Waals surface area contributed by atoms with Crippen LogP contribution in [0.25, 0.3) is 5.69 Å². The summed E-state index contributed by atoms with van der Waals surface area (Å²) in [5.41, 5.74) is 0.452. The van der Waals surface area contributed by atoms with Crippen molar-refractivity contribution in [3.05, 3.63) is 47.8 Å². The first kappa shape index (κ1) is 12.7. The van der Waals surface area contributed by atoms with E-state index in [1.54, 1.807) is 6.07 Å². The molecule has 0 saturated heterocycles. The SMILES string of the molecule is CCCNCc1cc(F)c(-n2cccn2)c(F)c1. The van der Waals surface area contributed by atoms with Crippen LogP contribution in [0.4, 0.5) is 8.78 Å². The number of hydrogen-bond acceptors (Lipinski definition) is 2. The Bertz CT molecular complexity index is 486. The van der Waals surface area contributed by atoms with Crippen LogP contribution in [-0.4, -0.2) is 16.3 Å². The van der Waals surface area contributed by atoms with Gasteiger partial charge in [-0.25, -0.2) is 13.5 Å². The van der Waals surface area contributed by atoms with E-state index in [1.807, 2.05) is 6.92 Å². The van der Waals surface area contributed by atoms with E-state index < -0.39 is 11.6 Å². The number of nitrogens with one attached hydrogen (secondary N) is 1. The summed E-state index contributed by atoms with van der Waals surface area (Å²) in [5, 5.41) is 6.94. The highest BCUT2D eigenvalue weighted by Gasteiger charge is 2.13. The van der Waals surface area contributed by atoms with Gasteiger partial charge < -0.3 is 5.32 Å². The van der Waals surface area contributed by atoms with Gasteiger partial charge in [0.1, 0.15) is 5.69 Å². The minimum atomic E-state index is -0.605. The number of benzene rings is 1. The molecule has 1 heterocycles.